The second-order valence-electron chi connectivity index (χ2n) is 7.69. The number of hydrogen-bond acceptors (Lipinski definition) is 4. The highest BCUT2D eigenvalue weighted by atomic mass is 16.6. The molecule has 3 N–H and O–H groups in total. The molecular formula is C17H34N2O3. The van der Waals surface area contributed by atoms with Crippen LogP contribution in [0.2, 0.25) is 0 Å². The number of rotatable bonds is 6. The van der Waals surface area contributed by atoms with E-state index in [4.69, 9.17) is 4.74 Å². The van der Waals surface area contributed by atoms with Crippen molar-refractivity contribution in [2.75, 3.05) is 6.54 Å². The van der Waals surface area contributed by atoms with Crippen LogP contribution in [0.3, 0.4) is 0 Å². The Morgan fingerprint density at radius 1 is 1.27 bits per heavy atom. The lowest BCUT2D eigenvalue weighted by Crippen LogP contribution is -2.48. The van der Waals surface area contributed by atoms with E-state index in [1.54, 1.807) is 0 Å². The van der Waals surface area contributed by atoms with Gasteiger partial charge in [0.05, 0.1) is 6.10 Å². The van der Waals surface area contributed by atoms with Gasteiger partial charge in [0.25, 0.3) is 0 Å². The van der Waals surface area contributed by atoms with Crippen LogP contribution in [-0.2, 0) is 4.74 Å². The maximum atomic E-state index is 11.8. The highest BCUT2D eigenvalue weighted by Gasteiger charge is 2.27. The summed E-state index contributed by atoms with van der Waals surface area (Å²) in [4.78, 5) is 11.8. The fourth-order valence-corrected chi connectivity index (χ4v) is 3.15. The molecule has 0 aromatic carbocycles. The average molecular weight is 314 g/mol. The molecule has 1 aliphatic rings. The first-order valence-corrected chi connectivity index (χ1v) is 8.58. The highest BCUT2D eigenvalue weighted by Crippen LogP contribution is 2.25. The lowest BCUT2D eigenvalue weighted by atomic mass is 9.84. The van der Waals surface area contributed by atoms with Gasteiger partial charge in [0.15, 0.2) is 0 Å². The van der Waals surface area contributed by atoms with Gasteiger partial charge in [-0.15, -0.1) is 0 Å². The average Bonchev–Trinajstić information content (AvgIpc) is 2.34. The van der Waals surface area contributed by atoms with Crippen LogP contribution < -0.4 is 10.6 Å². The first kappa shape index (κ1) is 19.2. The van der Waals surface area contributed by atoms with E-state index in [-0.39, 0.29) is 18.2 Å². The molecule has 1 saturated carbocycles. The second kappa shape index (κ2) is 8.73. The Bertz CT molecular complexity index is 339. The van der Waals surface area contributed by atoms with Crippen molar-refractivity contribution in [1.82, 2.24) is 10.6 Å². The molecule has 0 aliphatic heterocycles. The molecule has 4 atom stereocenters. The Balaban J connectivity index is 2.43. The van der Waals surface area contributed by atoms with Crippen molar-refractivity contribution in [3.63, 3.8) is 0 Å². The van der Waals surface area contributed by atoms with Gasteiger partial charge in [-0.3, -0.25) is 0 Å². The minimum Gasteiger partial charge on any atom is -0.444 e. The molecule has 4 unspecified atom stereocenters. The summed E-state index contributed by atoms with van der Waals surface area (Å²) in [5.74, 6) is 0.428. The fourth-order valence-electron chi connectivity index (χ4n) is 3.15. The number of aliphatic hydroxyl groups excluding tert-OH is 1. The van der Waals surface area contributed by atoms with Crippen molar-refractivity contribution in [2.24, 2.45) is 5.92 Å². The molecule has 5 nitrogen and oxygen atoms in total. The molecule has 0 saturated heterocycles. The topological polar surface area (TPSA) is 70.6 Å². The van der Waals surface area contributed by atoms with Crippen molar-refractivity contribution in [2.45, 2.75) is 90.5 Å². The molecule has 1 rings (SSSR count). The number of ether oxygens (including phenoxy) is 1. The first-order chi connectivity index (χ1) is 10.2. The van der Waals surface area contributed by atoms with Crippen LogP contribution in [0.15, 0.2) is 0 Å². The molecule has 1 amide bonds. The molecule has 0 radical (unpaired) electrons. The van der Waals surface area contributed by atoms with E-state index in [9.17, 15) is 9.90 Å². The summed E-state index contributed by atoms with van der Waals surface area (Å²) in [6, 6.07) is 0.685. The van der Waals surface area contributed by atoms with Crippen LogP contribution in [0.25, 0.3) is 0 Å². The number of carbonyl (C=O) groups is 1. The van der Waals surface area contributed by atoms with Gasteiger partial charge in [-0.05, 0) is 59.8 Å². The van der Waals surface area contributed by atoms with Crippen molar-refractivity contribution in [3.05, 3.63) is 0 Å². The van der Waals surface area contributed by atoms with E-state index in [1.807, 2.05) is 27.7 Å². The Labute approximate surface area is 135 Å². The molecular weight excluding hydrogens is 280 g/mol. The molecule has 0 aromatic heterocycles. The van der Waals surface area contributed by atoms with Crippen LogP contribution in [0, 0.1) is 5.92 Å². The third-order valence-corrected chi connectivity index (χ3v) is 4.01. The molecule has 0 heterocycles. The third-order valence-electron chi connectivity index (χ3n) is 4.01. The molecule has 1 aliphatic carbocycles. The quantitative estimate of drug-likeness (QED) is 0.705. The lowest BCUT2D eigenvalue weighted by Gasteiger charge is -2.35. The minimum atomic E-state index is -0.458. The van der Waals surface area contributed by atoms with E-state index in [0.717, 1.165) is 19.3 Å². The van der Waals surface area contributed by atoms with Crippen LogP contribution >= 0.6 is 0 Å². The van der Waals surface area contributed by atoms with Crippen LogP contribution in [0.4, 0.5) is 4.79 Å². The molecule has 22 heavy (non-hydrogen) atoms. The summed E-state index contributed by atoms with van der Waals surface area (Å²) in [5.41, 5.74) is -0.458. The van der Waals surface area contributed by atoms with Crippen molar-refractivity contribution in [3.8, 4) is 0 Å². The predicted molar refractivity (Wildman–Crippen MR) is 88.9 cm³/mol. The van der Waals surface area contributed by atoms with Gasteiger partial charge in [0.2, 0.25) is 0 Å². The zero-order chi connectivity index (χ0) is 16.8. The van der Waals surface area contributed by atoms with E-state index in [1.165, 1.54) is 12.8 Å². The van der Waals surface area contributed by atoms with Crippen molar-refractivity contribution >= 4 is 6.09 Å². The monoisotopic (exact) mass is 314 g/mol. The SMILES string of the molecule is CC(O)CC(C)NC1CCCCC1CNC(=O)OC(C)(C)C. The van der Waals surface area contributed by atoms with Gasteiger partial charge in [-0.25, -0.2) is 4.79 Å². The second-order valence-corrected chi connectivity index (χ2v) is 7.69. The molecule has 0 aromatic rings. The highest BCUT2D eigenvalue weighted by molar-refractivity contribution is 5.67. The van der Waals surface area contributed by atoms with E-state index >= 15 is 0 Å². The van der Waals surface area contributed by atoms with E-state index in [2.05, 4.69) is 17.6 Å². The number of carbonyl (C=O) groups excluding carboxylic acids is 1. The van der Waals surface area contributed by atoms with Gasteiger partial charge >= 0.3 is 6.09 Å². The summed E-state index contributed by atoms with van der Waals surface area (Å²) in [6.07, 6.45) is 4.81. The lowest BCUT2D eigenvalue weighted by molar-refractivity contribution is 0.0509. The number of aliphatic hydroxyl groups is 1. The van der Waals surface area contributed by atoms with Crippen molar-refractivity contribution in [1.29, 1.82) is 0 Å². The number of nitrogens with one attached hydrogen (secondary N) is 2. The van der Waals surface area contributed by atoms with Gasteiger partial charge in [0, 0.05) is 18.6 Å². The molecule has 0 spiro atoms. The smallest absolute Gasteiger partial charge is 0.407 e. The largest absolute Gasteiger partial charge is 0.444 e. The van der Waals surface area contributed by atoms with E-state index < -0.39 is 5.60 Å². The predicted octanol–water partition coefficient (Wildman–Crippen LogP) is 2.82. The Morgan fingerprint density at radius 2 is 1.91 bits per heavy atom. The van der Waals surface area contributed by atoms with Crippen LogP contribution in [0.1, 0.15) is 66.7 Å². The van der Waals surface area contributed by atoms with Crippen molar-refractivity contribution < 1.29 is 14.6 Å². The molecule has 1 fully saturated rings. The van der Waals surface area contributed by atoms with Gasteiger partial charge in [-0.2, -0.15) is 0 Å². The Morgan fingerprint density at radius 3 is 2.50 bits per heavy atom. The zero-order valence-corrected chi connectivity index (χ0v) is 14.8. The van der Waals surface area contributed by atoms with Gasteiger partial charge in [0.1, 0.15) is 5.60 Å². The third kappa shape index (κ3) is 7.99. The molecule has 130 valence electrons. The maximum absolute atomic E-state index is 11.8. The minimum absolute atomic E-state index is 0.284. The summed E-state index contributed by atoms with van der Waals surface area (Å²) in [6.45, 7) is 10.2. The van der Waals surface area contributed by atoms with Gasteiger partial charge in [-0.1, -0.05) is 12.8 Å². The molecule has 0 bridgehead atoms. The molecule has 5 heteroatoms. The summed E-state index contributed by atoms with van der Waals surface area (Å²) in [5, 5.41) is 16.0. The van der Waals surface area contributed by atoms with Gasteiger partial charge < -0.3 is 20.5 Å². The maximum Gasteiger partial charge on any atom is 0.407 e. The van der Waals surface area contributed by atoms with E-state index in [0.29, 0.717) is 18.5 Å². The first-order valence-electron chi connectivity index (χ1n) is 8.58. The number of alkyl carbamates (subject to hydrolysis) is 1. The zero-order valence-electron chi connectivity index (χ0n) is 14.8. The Hall–Kier alpha value is -0.810. The number of amides is 1. The van der Waals surface area contributed by atoms with Crippen LogP contribution in [0.5, 0.6) is 0 Å². The Kier molecular flexibility index (Phi) is 7.63. The summed E-state index contributed by atoms with van der Waals surface area (Å²) < 4.78 is 5.29. The fraction of sp³-hybridized carbons (Fsp3) is 0.941. The standard InChI is InChI=1S/C17H34N2O3/c1-12(10-13(2)20)19-15-9-7-6-8-14(15)11-18-16(21)22-17(3,4)5/h12-15,19-20H,6-11H2,1-5H3,(H,18,21). The summed E-state index contributed by atoms with van der Waals surface area (Å²) in [7, 11) is 0. The number of hydrogen-bond donors (Lipinski definition) is 3. The summed E-state index contributed by atoms with van der Waals surface area (Å²) >= 11 is 0. The normalized spacial score (nSPS) is 25.4. The van der Waals surface area contributed by atoms with Crippen LogP contribution in [-0.4, -0.2) is 41.5 Å².